The van der Waals surface area contributed by atoms with Crippen molar-refractivity contribution in [2.24, 2.45) is 0 Å². The third-order valence-electron chi connectivity index (χ3n) is 8.90. The molecule has 0 saturated carbocycles. The first-order valence-electron chi connectivity index (χ1n) is 21.4. The van der Waals surface area contributed by atoms with Crippen LogP contribution in [0.2, 0.25) is 0 Å². The Morgan fingerprint density at radius 1 is 0.655 bits per heavy atom. The molecule has 0 radical (unpaired) electrons. The summed E-state index contributed by atoms with van der Waals surface area (Å²) >= 11 is 0. The predicted octanol–water partition coefficient (Wildman–Crippen LogP) is 11.2. The molecule has 0 fully saturated rings. The first-order valence-corrected chi connectivity index (χ1v) is 22.9. The Morgan fingerprint density at radius 2 is 1.11 bits per heavy atom. The Morgan fingerprint density at radius 3 is 1.60 bits per heavy atom. The molecular formula is C46H81N2O6P. The quantitative estimate of drug-likeness (QED) is 0.0281. The van der Waals surface area contributed by atoms with Gasteiger partial charge in [-0.25, -0.2) is 0 Å². The van der Waals surface area contributed by atoms with Crippen molar-refractivity contribution >= 4 is 13.7 Å². The number of quaternary nitrogens is 1. The van der Waals surface area contributed by atoms with Gasteiger partial charge in [-0.2, -0.15) is 0 Å². The topological polar surface area (TPSA) is 108 Å². The van der Waals surface area contributed by atoms with E-state index in [1.807, 2.05) is 21.1 Å². The first-order chi connectivity index (χ1) is 26.5. The van der Waals surface area contributed by atoms with Gasteiger partial charge in [-0.1, -0.05) is 157 Å². The molecule has 0 aromatic carbocycles. The molecule has 9 heteroatoms. The van der Waals surface area contributed by atoms with Gasteiger partial charge in [0.2, 0.25) is 5.91 Å². The van der Waals surface area contributed by atoms with Crippen molar-refractivity contribution in [3.05, 3.63) is 85.1 Å². The van der Waals surface area contributed by atoms with Gasteiger partial charge in [0.05, 0.1) is 39.9 Å². The fraction of sp³-hybridized carbons (Fsp3) is 0.674. The van der Waals surface area contributed by atoms with E-state index in [4.69, 9.17) is 9.05 Å². The lowest BCUT2D eigenvalue weighted by atomic mass is 10.0. The van der Waals surface area contributed by atoms with Gasteiger partial charge in [-0.3, -0.25) is 9.36 Å². The number of rotatable bonds is 37. The minimum Gasteiger partial charge on any atom is -0.756 e. The van der Waals surface area contributed by atoms with Gasteiger partial charge >= 0.3 is 0 Å². The van der Waals surface area contributed by atoms with E-state index in [1.54, 1.807) is 0 Å². The number of amides is 1. The average molecular weight is 789 g/mol. The molecule has 0 aromatic heterocycles. The zero-order chi connectivity index (χ0) is 40.7. The summed E-state index contributed by atoms with van der Waals surface area (Å²) in [6, 6.07) is -0.821. The molecule has 0 heterocycles. The Bertz CT molecular complexity index is 1170. The van der Waals surface area contributed by atoms with Gasteiger partial charge in [0, 0.05) is 6.42 Å². The normalized spacial score (nSPS) is 15.3. The van der Waals surface area contributed by atoms with Gasteiger partial charge in [0.15, 0.2) is 0 Å². The largest absolute Gasteiger partial charge is 0.756 e. The van der Waals surface area contributed by atoms with Crippen LogP contribution in [-0.4, -0.2) is 68.5 Å². The Kier molecular flexibility index (Phi) is 35.7. The average Bonchev–Trinajstić information content (AvgIpc) is 3.13. The van der Waals surface area contributed by atoms with Gasteiger partial charge in [0.1, 0.15) is 13.2 Å². The minimum atomic E-state index is -4.57. The van der Waals surface area contributed by atoms with E-state index in [-0.39, 0.29) is 19.1 Å². The van der Waals surface area contributed by atoms with Crippen LogP contribution in [-0.2, 0) is 18.4 Å². The number of hydrogen-bond acceptors (Lipinski definition) is 6. The summed E-state index contributed by atoms with van der Waals surface area (Å²) in [5.74, 6) is -0.205. The van der Waals surface area contributed by atoms with Gasteiger partial charge in [0.25, 0.3) is 7.82 Å². The summed E-state index contributed by atoms with van der Waals surface area (Å²) in [5.41, 5.74) is 0. The number of hydrogen-bond donors (Lipinski definition) is 2. The molecule has 0 rings (SSSR count). The van der Waals surface area contributed by atoms with Crippen molar-refractivity contribution in [2.75, 3.05) is 40.9 Å². The number of unbranched alkanes of at least 4 members (excludes halogenated alkanes) is 10. The Labute approximate surface area is 337 Å². The zero-order valence-corrected chi connectivity index (χ0v) is 36.5. The fourth-order valence-electron chi connectivity index (χ4n) is 5.49. The van der Waals surface area contributed by atoms with Crippen LogP contribution in [0.4, 0.5) is 0 Å². The number of nitrogens with one attached hydrogen (secondary N) is 1. The van der Waals surface area contributed by atoms with Crippen molar-refractivity contribution in [3.8, 4) is 0 Å². The summed E-state index contributed by atoms with van der Waals surface area (Å²) < 4.78 is 23.1. The first kappa shape index (κ1) is 52.7. The number of aliphatic hydroxyl groups is 1. The second-order valence-corrected chi connectivity index (χ2v) is 16.7. The number of carbonyl (C=O) groups is 1. The molecule has 0 aliphatic rings. The number of carbonyl (C=O) groups excluding carboxylic acids is 1. The molecule has 0 aromatic rings. The SMILES string of the molecule is CC/C=C\C/C=C\C/C=C\C/C=C\C/C=C\C/C=C\C/C=C\CCCCCC(=O)NC(COP(=O)([O-])OCC[N+](C)(C)C)C(O)CCCCCCCCCC. The summed E-state index contributed by atoms with van der Waals surface area (Å²) in [7, 11) is 1.26. The van der Waals surface area contributed by atoms with Crippen LogP contribution in [0.3, 0.4) is 0 Å². The van der Waals surface area contributed by atoms with E-state index in [9.17, 15) is 19.4 Å². The molecule has 0 aliphatic carbocycles. The smallest absolute Gasteiger partial charge is 0.268 e. The van der Waals surface area contributed by atoms with E-state index >= 15 is 0 Å². The Hall–Kier alpha value is -2.32. The van der Waals surface area contributed by atoms with Crippen molar-refractivity contribution in [2.45, 2.75) is 161 Å². The number of nitrogens with zero attached hydrogens (tertiary/aromatic N) is 1. The van der Waals surface area contributed by atoms with Crippen molar-refractivity contribution in [1.29, 1.82) is 0 Å². The zero-order valence-electron chi connectivity index (χ0n) is 35.6. The van der Waals surface area contributed by atoms with Crippen molar-refractivity contribution in [1.82, 2.24) is 5.32 Å². The molecule has 0 saturated heterocycles. The molecule has 55 heavy (non-hydrogen) atoms. The van der Waals surface area contributed by atoms with Crippen LogP contribution in [0.15, 0.2) is 85.1 Å². The lowest BCUT2D eigenvalue weighted by Crippen LogP contribution is -2.46. The summed E-state index contributed by atoms with van der Waals surface area (Å²) in [6.45, 7) is 4.51. The number of aliphatic hydroxyl groups excluding tert-OH is 1. The molecule has 3 atom stereocenters. The number of phosphoric ester groups is 1. The molecule has 0 bridgehead atoms. The molecular weight excluding hydrogens is 707 g/mol. The van der Waals surface area contributed by atoms with E-state index in [1.165, 1.54) is 32.1 Å². The van der Waals surface area contributed by atoms with Gasteiger partial charge < -0.3 is 28.8 Å². The fourth-order valence-corrected chi connectivity index (χ4v) is 6.21. The molecule has 8 nitrogen and oxygen atoms in total. The lowest BCUT2D eigenvalue weighted by Gasteiger charge is -2.30. The van der Waals surface area contributed by atoms with E-state index in [0.717, 1.165) is 89.9 Å². The maximum Gasteiger partial charge on any atom is 0.268 e. The predicted molar refractivity (Wildman–Crippen MR) is 233 cm³/mol. The standard InChI is InChI=1S/C46H81N2O6P/c1-6-8-10-12-14-16-17-18-19-20-21-22-23-24-25-26-27-28-29-30-31-32-34-36-38-40-46(50)47-44(43-54-55(51,52)53-42-41-48(3,4)5)45(49)39-37-35-33-15-13-11-9-7-2/h8,10,14,16,18-19,21-22,24-25,27-28,30-31,44-45,49H,6-7,9,11-13,15,17,20,23,26,29,32-43H2,1-5H3,(H-,47,50,51,52)/b10-8-,16-14-,19-18-,22-21-,25-24-,28-27-,31-30-. The lowest BCUT2D eigenvalue weighted by molar-refractivity contribution is -0.870. The van der Waals surface area contributed by atoms with Crippen molar-refractivity contribution in [3.63, 3.8) is 0 Å². The van der Waals surface area contributed by atoms with Crippen LogP contribution >= 0.6 is 7.82 Å². The highest BCUT2D eigenvalue weighted by atomic mass is 31.2. The minimum absolute atomic E-state index is 0.000189. The van der Waals surface area contributed by atoms with Gasteiger partial charge in [-0.05, 0) is 70.6 Å². The van der Waals surface area contributed by atoms with Crippen LogP contribution in [0.1, 0.15) is 149 Å². The van der Waals surface area contributed by atoms with E-state index in [2.05, 4.69) is 104 Å². The Balaban J connectivity index is 4.34. The summed E-state index contributed by atoms with van der Waals surface area (Å²) in [6.07, 6.45) is 50.3. The third-order valence-corrected chi connectivity index (χ3v) is 9.86. The molecule has 316 valence electrons. The second-order valence-electron chi connectivity index (χ2n) is 15.3. The maximum atomic E-state index is 12.8. The number of phosphoric acid groups is 1. The van der Waals surface area contributed by atoms with E-state index < -0.39 is 20.0 Å². The second kappa shape index (κ2) is 37.3. The highest BCUT2D eigenvalue weighted by Gasteiger charge is 2.24. The highest BCUT2D eigenvalue weighted by molar-refractivity contribution is 7.45. The van der Waals surface area contributed by atoms with Crippen LogP contribution in [0, 0.1) is 0 Å². The van der Waals surface area contributed by atoms with Crippen LogP contribution < -0.4 is 10.2 Å². The molecule has 0 aliphatic heterocycles. The molecule has 0 spiro atoms. The molecule has 1 amide bonds. The molecule has 2 N–H and O–H groups in total. The van der Waals surface area contributed by atoms with Crippen molar-refractivity contribution < 1.29 is 32.9 Å². The summed E-state index contributed by atoms with van der Waals surface area (Å²) in [5, 5.41) is 13.8. The maximum absolute atomic E-state index is 12.8. The number of allylic oxidation sites excluding steroid dienone is 14. The third kappa shape index (κ3) is 39.7. The van der Waals surface area contributed by atoms with E-state index in [0.29, 0.717) is 23.9 Å². The summed E-state index contributed by atoms with van der Waals surface area (Å²) in [4.78, 5) is 25.2. The van der Waals surface area contributed by atoms with Gasteiger partial charge in [-0.15, -0.1) is 0 Å². The number of likely N-dealkylation sites (N-methyl/N-ethyl adjacent to an activating group) is 1. The highest BCUT2D eigenvalue weighted by Crippen LogP contribution is 2.38. The molecule has 3 unspecified atom stereocenters. The van der Waals surface area contributed by atoms with Crippen LogP contribution in [0.25, 0.3) is 0 Å². The monoisotopic (exact) mass is 789 g/mol. The van der Waals surface area contributed by atoms with Crippen LogP contribution in [0.5, 0.6) is 0 Å².